The van der Waals surface area contributed by atoms with Crippen LogP contribution in [0, 0.1) is 0 Å². The minimum atomic E-state index is -2.98. The number of hydrogen-bond donors (Lipinski definition) is 2. The van der Waals surface area contributed by atoms with Crippen molar-refractivity contribution in [3.8, 4) is 0 Å². The molecule has 0 aliphatic carbocycles. The molecular formula is C11H25IN4O2S. The first-order valence-corrected chi connectivity index (χ1v) is 8.13. The minimum Gasteiger partial charge on any atom is -0.356 e. The highest BCUT2D eigenvalue weighted by Crippen LogP contribution is 2.11. The van der Waals surface area contributed by atoms with Gasteiger partial charge in [-0.15, -0.1) is 24.0 Å². The Bertz CT molecular complexity index is 373. The molecular weight excluding hydrogens is 379 g/mol. The van der Waals surface area contributed by atoms with Crippen LogP contribution in [0.2, 0.25) is 0 Å². The van der Waals surface area contributed by atoms with Gasteiger partial charge in [-0.05, 0) is 12.8 Å². The second-order valence-electron chi connectivity index (χ2n) is 4.35. The highest BCUT2D eigenvalue weighted by atomic mass is 127. The molecule has 0 aromatic heterocycles. The van der Waals surface area contributed by atoms with Gasteiger partial charge in [-0.2, -0.15) is 0 Å². The summed E-state index contributed by atoms with van der Waals surface area (Å²) in [5.41, 5.74) is 0. The lowest BCUT2D eigenvalue weighted by Gasteiger charge is -2.16. The van der Waals surface area contributed by atoms with Crippen molar-refractivity contribution < 1.29 is 8.42 Å². The standard InChI is InChI=1S/C11H24N4O2S.HI/c1-3-4-6-13-11(12-2)14-7-9-15-8-5-10-18(15,16)17;/h3-10H2,1-2H3,(H2,12,13,14);1H. The van der Waals surface area contributed by atoms with Gasteiger partial charge in [0.25, 0.3) is 0 Å². The molecule has 19 heavy (non-hydrogen) atoms. The quantitative estimate of drug-likeness (QED) is 0.295. The Labute approximate surface area is 133 Å². The second kappa shape index (κ2) is 9.76. The third-order valence-electron chi connectivity index (χ3n) is 2.90. The number of guanidine groups is 1. The third-order valence-corrected chi connectivity index (χ3v) is 4.86. The van der Waals surface area contributed by atoms with E-state index in [1.54, 1.807) is 11.4 Å². The van der Waals surface area contributed by atoms with Crippen LogP contribution in [0.5, 0.6) is 0 Å². The van der Waals surface area contributed by atoms with E-state index in [0.717, 1.165) is 31.8 Å². The maximum absolute atomic E-state index is 11.6. The third kappa shape index (κ3) is 6.75. The zero-order valence-electron chi connectivity index (χ0n) is 11.7. The van der Waals surface area contributed by atoms with E-state index >= 15 is 0 Å². The first kappa shape index (κ1) is 18.9. The molecule has 0 aromatic rings. The average molecular weight is 404 g/mol. The van der Waals surface area contributed by atoms with Crippen LogP contribution in [-0.4, -0.2) is 57.7 Å². The Morgan fingerprint density at radius 1 is 1.32 bits per heavy atom. The fourth-order valence-electron chi connectivity index (χ4n) is 1.85. The van der Waals surface area contributed by atoms with Gasteiger partial charge in [0, 0.05) is 33.2 Å². The van der Waals surface area contributed by atoms with Gasteiger partial charge >= 0.3 is 0 Å². The molecule has 0 atom stereocenters. The minimum absolute atomic E-state index is 0. The predicted octanol–water partition coefficient (Wildman–Crippen LogP) is 0.605. The lowest BCUT2D eigenvalue weighted by atomic mass is 10.3. The van der Waals surface area contributed by atoms with Crippen LogP contribution >= 0.6 is 24.0 Å². The monoisotopic (exact) mass is 404 g/mol. The molecule has 0 spiro atoms. The number of nitrogens with zero attached hydrogens (tertiary/aromatic N) is 2. The first-order valence-electron chi connectivity index (χ1n) is 6.52. The Morgan fingerprint density at radius 3 is 2.53 bits per heavy atom. The summed E-state index contributed by atoms with van der Waals surface area (Å²) < 4.78 is 24.7. The maximum atomic E-state index is 11.6. The summed E-state index contributed by atoms with van der Waals surface area (Å²) in [6.45, 7) is 4.77. The largest absolute Gasteiger partial charge is 0.356 e. The molecule has 114 valence electrons. The van der Waals surface area contributed by atoms with Gasteiger partial charge in [0.2, 0.25) is 10.0 Å². The molecule has 0 aromatic carbocycles. The fraction of sp³-hybridized carbons (Fsp3) is 0.909. The van der Waals surface area contributed by atoms with E-state index in [-0.39, 0.29) is 29.7 Å². The van der Waals surface area contributed by atoms with Gasteiger partial charge in [-0.25, -0.2) is 12.7 Å². The molecule has 0 saturated carbocycles. The van der Waals surface area contributed by atoms with Crippen LogP contribution in [0.15, 0.2) is 4.99 Å². The van der Waals surface area contributed by atoms with Crippen molar-refractivity contribution in [2.45, 2.75) is 26.2 Å². The Balaban J connectivity index is 0.00000324. The van der Waals surface area contributed by atoms with Crippen molar-refractivity contribution in [3.05, 3.63) is 0 Å². The van der Waals surface area contributed by atoms with Crippen LogP contribution in [0.3, 0.4) is 0 Å². The summed E-state index contributed by atoms with van der Waals surface area (Å²) >= 11 is 0. The molecule has 1 heterocycles. The van der Waals surface area contributed by atoms with Crippen molar-refractivity contribution in [1.82, 2.24) is 14.9 Å². The summed E-state index contributed by atoms with van der Waals surface area (Å²) in [4.78, 5) is 4.09. The first-order chi connectivity index (χ1) is 8.60. The Hall–Kier alpha value is -0.0900. The van der Waals surface area contributed by atoms with Crippen molar-refractivity contribution in [1.29, 1.82) is 0 Å². The summed E-state index contributed by atoms with van der Waals surface area (Å²) in [5, 5.41) is 6.31. The molecule has 0 amide bonds. The van der Waals surface area contributed by atoms with Crippen LogP contribution in [0.4, 0.5) is 0 Å². The highest BCUT2D eigenvalue weighted by molar-refractivity contribution is 14.0. The van der Waals surface area contributed by atoms with Crippen molar-refractivity contribution >= 4 is 40.0 Å². The SMILES string of the molecule is CCCCNC(=NC)NCCN1CCCS1(=O)=O.I. The van der Waals surface area contributed by atoms with Gasteiger partial charge in [-0.3, -0.25) is 4.99 Å². The van der Waals surface area contributed by atoms with Crippen LogP contribution in [-0.2, 0) is 10.0 Å². The van der Waals surface area contributed by atoms with E-state index < -0.39 is 10.0 Å². The van der Waals surface area contributed by atoms with Gasteiger partial charge in [0.15, 0.2) is 5.96 Å². The number of sulfonamides is 1. The van der Waals surface area contributed by atoms with Crippen molar-refractivity contribution in [3.63, 3.8) is 0 Å². The lowest BCUT2D eigenvalue weighted by molar-refractivity contribution is 0.445. The summed E-state index contributed by atoms with van der Waals surface area (Å²) in [6, 6.07) is 0. The fourth-order valence-corrected chi connectivity index (χ4v) is 3.37. The van der Waals surface area contributed by atoms with E-state index in [0.29, 0.717) is 19.6 Å². The summed E-state index contributed by atoms with van der Waals surface area (Å²) in [6.07, 6.45) is 2.98. The number of halogens is 1. The number of aliphatic imine (C=N–C) groups is 1. The molecule has 0 radical (unpaired) electrons. The number of rotatable bonds is 6. The topological polar surface area (TPSA) is 73.8 Å². The molecule has 1 rings (SSSR count). The van der Waals surface area contributed by atoms with E-state index in [4.69, 9.17) is 0 Å². The lowest BCUT2D eigenvalue weighted by Crippen LogP contribution is -2.42. The average Bonchev–Trinajstić information content (AvgIpc) is 2.67. The predicted molar refractivity (Wildman–Crippen MR) is 89.7 cm³/mol. The maximum Gasteiger partial charge on any atom is 0.214 e. The summed E-state index contributed by atoms with van der Waals surface area (Å²) in [7, 11) is -1.26. The van der Waals surface area contributed by atoms with Crippen LogP contribution in [0.25, 0.3) is 0 Å². The van der Waals surface area contributed by atoms with Gasteiger partial charge in [0.1, 0.15) is 0 Å². The van der Waals surface area contributed by atoms with Crippen LogP contribution < -0.4 is 10.6 Å². The molecule has 2 N–H and O–H groups in total. The zero-order valence-corrected chi connectivity index (χ0v) is 14.8. The van der Waals surface area contributed by atoms with E-state index in [1.807, 2.05) is 0 Å². The summed E-state index contributed by atoms with van der Waals surface area (Å²) in [5.74, 6) is 1.02. The molecule has 1 saturated heterocycles. The normalized spacial score (nSPS) is 18.9. The molecule has 1 aliphatic rings. The number of hydrogen-bond acceptors (Lipinski definition) is 3. The van der Waals surface area contributed by atoms with E-state index in [9.17, 15) is 8.42 Å². The molecule has 0 unspecified atom stereocenters. The number of unbranched alkanes of at least 4 members (excludes halogenated alkanes) is 1. The molecule has 1 aliphatic heterocycles. The Morgan fingerprint density at radius 2 is 2.00 bits per heavy atom. The van der Waals surface area contributed by atoms with E-state index in [1.165, 1.54) is 0 Å². The Kier molecular flexibility index (Phi) is 9.71. The molecule has 6 nitrogen and oxygen atoms in total. The van der Waals surface area contributed by atoms with Gasteiger partial charge in [-0.1, -0.05) is 13.3 Å². The smallest absolute Gasteiger partial charge is 0.214 e. The molecule has 1 fully saturated rings. The van der Waals surface area contributed by atoms with Gasteiger partial charge in [0.05, 0.1) is 5.75 Å². The molecule has 0 bridgehead atoms. The zero-order chi connectivity index (χ0) is 13.4. The highest BCUT2D eigenvalue weighted by Gasteiger charge is 2.27. The van der Waals surface area contributed by atoms with E-state index in [2.05, 4.69) is 22.5 Å². The van der Waals surface area contributed by atoms with Crippen molar-refractivity contribution in [2.75, 3.05) is 39.0 Å². The van der Waals surface area contributed by atoms with Gasteiger partial charge < -0.3 is 10.6 Å². The van der Waals surface area contributed by atoms with Crippen LogP contribution in [0.1, 0.15) is 26.2 Å². The molecule has 8 heteroatoms. The number of nitrogens with one attached hydrogen (secondary N) is 2. The second-order valence-corrected chi connectivity index (χ2v) is 6.44. The van der Waals surface area contributed by atoms with Crippen molar-refractivity contribution in [2.24, 2.45) is 4.99 Å².